The first kappa shape index (κ1) is 19.0. The fraction of sp³-hybridized carbons (Fsp3) is 0.250. The number of fused-ring (bicyclic) bond motifs is 1. The highest BCUT2D eigenvalue weighted by Crippen LogP contribution is 2.26. The molecule has 2 aromatic heterocycles. The van der Waals surface area contributed by atoms with Crippen molar-refractivity contribution >= 4 is 16.7 Å². The van der Waals surface area contributed by atoms with Crippen molar-refractivity contribution in [1.29, 1.82) is 0 Å². The standard InChI is InChI=1S/C20H20FN5O3/c1-2-16(28)24-8-10-25(11-9-24)19-13-6-7-26(20(29)17(13)22-12-23-19)18-14(21)4-3-5-15(18)27/h2-7,12,16,27-28H,1,8-11H2. The molecule has 1 aliphatic rings. The zero-order chi connectivity index (χ0) is 20.5. The van der Waals surface area contributed by atoms with Crippen molar-refractivity contribution in [2.45, 2.75) is 6.23 Å². The van der Waals surface area contributed by atoms with Crippen LogP contribution in [0.15, 0.2) is 54.2 Å². The van der Waals surface area contributed by atoms with Gasteiger partial charge in [0.25, 0.3) is 5.56 Å². The van der Waals surface area contributed by atoms with Gasteiger partial charge < -0.3 is 15.1 Å². The minimum Gasteiger partial charge on any atom is -0.506 e. The van der Waals surface area contributed by atoms with Crippen LogP contribution in [0.25, 0.3) is 16.6 Å². The molecule has 1 fully saturated rings. The third-order valence-electron chi connectivity index (χ3n) is 5.08. The molecular formula is C20H20FN5O3. The summed E-state index contributed by atoms with van der Waals surface area (Å²) in [7, 11) is 0. The number of benzene rings is 1. The molecule has 1 saturated heterocycles. The number of piperazine rings is 1. The molecular weight excluding hydrogens is 377 g/mol. The normalized spacial score (nSPS) is 16.1. The van der Waals surface area contributed by atoms with Gasteiger partial charge in [0.05, 0.1) is 5.39 Å². The summed E-state index contributed by atoms with van der Waals surface area (Å²) in [5.41, 5.74) is -0.632. The van der Waals surface area contributed by atoms with Gasteiger partial charge in [0.2, 0.25) is 0 Å². The maximum atomic E-state index is 14.2. The fourth-order valence-corrected chi connectivity index (χ4v) is 3.56. The molecule has 1 atom stereocenters. The Labute approximate surface area is 165 Å². The van der Waals surface area contributed by atoms with Crippen molar-refractivity contribution in [2.75, 3.05) is 31.1 Å². The number of hydrogen-bond donors (Lipinski definition) is 2. The number of phenols is 1. The number of para-hydroxylation sites is 1. The lowest BCUT2D eigenvalue weighted by molar-refractivity contribution is 0.0380. The summed E-state index contributed by atoms with van der Waals surface area (Å²) in [5, 5.41) is 20.5. The van der Waals surface area contributed by atoms with E-state index >= 15 is 0 Å². The molecule has 0 aliphatic carbocycles. The maximum absolute atomic E-state index is 14.2. The van der Waals surface area contributed by atoms with E-state index in [0.29, 0.717) is 37.4 Å². The van der Waals surface area contributed by atoms with Crippen molar-refractivity contribution in [3.05, 3.63) is 65.6 Å². The molecule has 150 valence electrons. The Kier molecular flexibility index (Phi) is 4.99. The Balaban J connectivity index is 1.73. The van der Waals surface area contributed by atoms with Crippen LogP contribution in [0.1, 0.15) is 0 Å². The second-order valence-corrected chi connectivity index (χ2v) is 6.73. The molecule has 0 saturated carbocycles. The zero-order valence-corrected chi connectivity index (χ0v) is 15.6. The molecule has 0 amide bonds. The molecule has 3 aromatic rings. The number of pyridine rings is 1. The van der Waals surface area contributed by atoms with E-state index in [1.807, 2.05) is 9.80 Å². The number of hydrogen-bond acceptors (Lipinski definition) is 7. The lowest BCUT2D eigenvalue weighted by atomic mass is 10.2. The van der Waals surface area contributed by atoms with Crippen molar-refractivity contribution in [3.63, 3.8) is 0 Å². The molecule has 0 spiro atoms. The summed E-state index contributed by atoms with van der Waals surface area (Å²) in [4.78, 5) is 25.3. The summed E-state index contributed by atoms with van der Waals surface area (Å²) in [6.45, 7) is 6.03. The Morgan fingerprint density at radius 3 is 2.62 bits per heavy atom. The van der Waals surface area contributed by atoms with E-state index in [0.717, 1.165) is 4.57 Å². The van der Waals surface area contributed by atoms with Gasteiger partial charge >= 0.3 is 0 Å². The van der Waals surface area contributed by atoms with Crippen LogP contribution in [0.2, 0.25) is 0 Å². The summed E-state index contributed by atoms with van der Waals surface area (Å²) < 4.78 is 15.3. The summed E-state index contributed by atoms with van der Waals surface area (Å²) in [5.74, 6) is -0.444. The number of aromatic nitrogens is 3. The van der Waals surface area contributed by atoms with Gasteiger partial charge in [0.1, 0.15) is 35.3 Å². The second-order valence-electron chi connectivity index (χ2n) is 6.73. The van der Waals surface area contributed by atoms with Crippen LogP contribution in [0, 0.1) is 5.82 Å². The first-order chi connectivity index (χ1) is 14.0. The van der Waals surface area contributed by atoms with Crippen LogP contribution in [0.5, 0.6) is 5.75 Å². The molecule has 1 aromatic carbocycles. The molecule has 0 bridgehead atoms. The first-order valence-corrected chi connectivity index (χ1v) is 9.15. The molecule has 9 heteroatoms. The first-order valence-electron chi connectivity index (χ1n) is 9.15. The monoisotopic (exact) mass is 397 g/mol. The van der Waals surface area contributed by atoms with Gasteiger partial charge in [-0.15, -0.1) is 0 Å². The van der Waals surface area contributed by atoms with Crippen molar-refractivity contribution in [1.82, 2.24) is 19.4 Å². The number of anilines is 1. The van der Waals surface area contributed by atoms with Crippen LogP contribution in [-0.4, -0.2) is 62.1 Å². The molecule has 1 unspecified atom stereocenters. The van der Waals surface area contributed by atoms with E-state index in [-0.39, 0.29) is 17.0 Å². The maximum Gasteiger partial charge on any atom is 0.281 e. The Morgan fingerprint density at radius 1 is 1.17 bits per heavy atom. The summed E-state index contributed by atoms with van der Waals surface area (Å²) in [6.07, 6.45) is 3.50. The van der Waals surface area contributed by atoms with E-state index in [1.165, 1.54) is 36.8 Å². The van der Waals surface area contributed by atoms with Crippen LogP contribution in [0.4, 0.5) is 10.2 Å². The number of phenolic OH excluding ortho intramolecular Hbond substituents is 1. The van der Waals surface area contributed by atoms with Gasteiger partial charge in [0, 0.05) is 32.4 Å². The van der Waals surface area contributed by atoms with Crippen LogP contribution >= 0.6 is 0 Å². The Morgan fingerprint density at radius 2 is 1.93 bits per heavy atom. The molecule has 2 N–H and O–H groups in total. The highest BCUT2D eigenvalue weighted by Gasteiger charge is 2.23. The number of aliphatic hydroxyl groups excluding tert-OH is 1. The van der Waals surface area contributed by atoms with Gasteiger partial charge in [0.15, 0.2) is 5.82 Å². The fourth-order valence-electron chi connectivity index (χ4n) is 3.56. The lowest BCUT2D eigenvalue weighted by Crippen LogP contribution is -2.50. The van der Waals surface area contributed by atoms with Crippen molar-refractivity contribution < 1.29 is 14.6 Å². The van der Waals surface area contributed by atoms with E-state index in [4.69, 9.17) is 0 Å². The van der Waals surface area contributed by atoms with Crippen LogP contribution in [0.3, 0.4) is 0 Å². The third kappa shape index (κ3) is 3.34. The largest absolute Gasteiger partial charge is 0.506 e. The number of halogens is 1. The molecule has 0 radical (unpaired) electrons. The lowest BCUT2D eigenvalue weighted by Gasteiger charge is -2.37. The summed E-state index contributed by atoms with van der Waals surface area (Å²) in [6, 6.07) is 5.50. The number of rotatable bonds is 4. The second kappa shape index (κ2) is 7.61. The van der Waals surface area contributed by atoms with Crippen molar-refractivity contribution in [2.24, 2.45) is 0 Å². The molecule has 29 heavy (non-hydrogen) atoms. The number of aliphatic hydroxyl groups is 1. The predicted molar refractivity (Wildman–Crippen MR) is 107 cm³/mol. The minimum absolute atomic E-state index is 0.133. The third-order valence-corrected chi connectivity index (χ3v) is 5.08. The minimum atomic E-state index is -0.711. The number of nitrogens with zero attached hydrogens (tertiary/aromatic N) is 5. The molecule has 1 aliphatic heterocycles. The van der Waals surface area contributed by atoms with Gasteiger partial charge in [-0.1, -0.05) is 12.6 Å². The van der Waals surface area contributed by atoms with Gasteiger partial charge in [-0.05, 0) is 24.3 Å². The van der Waals surface area contributed by atoms with E-state index in [2.05, 4.69) is 16.5 Å². The SMILES string of the molecule is C=CC(O)N1CCN(c2ncnc3c(=O)n(-c4c(O)cccc4F)ccc23)CC1. The number of aromatic hydroxyl groups is 1. The van der Waals surface area contributed by atoms with Crippen molar-refractivity contribution in [3.8, 4) is 11.4 Å². The average Bonchev–Trinajstić information content (AvgIpc) is 2.74. The average molecular weight is 397 g/mol. The van der Waals surface area contributed by atoms with Crippen LogP contribution < -0.4 is 10.5 Å². The summed E-state index contributed by atoms with van der Waals surface area (Å²) >= 11 is 0. The molecule has 4 rings (SSSR count). The quantitative estimate of drug-likeness (QED) is 0.640. The van der Waals surface area contributed by atoms with E-state index < -0.39 is 17.6 Å². The topological polar surface area (TPSA) is 94.7 Å². The zero-order valence-electron chi connectivity index (χ0n) is 15.6. The molecule has 3 heterocycles. The van der Waals surface area contributed by atoms with Gasteiger partial charge in [-0.25, -0.2) is 14.4 Å². The molecule has 8 nitrogen and oxygen atoms in total. The van der Waals surface area contributed by atoms with Crippen LogP contribution in [-0.2, 0) is 0 Å². The van der Waals surface area contributed by atoms with E-state index in [1.54, 1.807) is 6.07 Å². The van der Waals surface area contributed by atoms with Gasteiger partial charge in [-0.2, -0.15) is 0 Å². The van der Waals surface area contributed by atoms with Gasteiger partial charge in [-0.3, -0.25) is 14.3 Å². The highest BCUT2D eigenvalue weighted by molar-refractivity contribution is 5.88. The Bertz CT molecular complexity index is 1100. The Hall–Kier alpha value is -3.30. The van der Waals surface area contributed by atoms with E-state index in [9.17, 15) is 19.4 Å². The smallest absolute Gasteiger partial charge is 0.281 e. The highest BCUT2D eigenvalue weighted by atomic mass is 19.1. The predicted octanol–water partition coefficient (Wildman–Crippen LogP) is 1.25.